The summed E-state index contributed by atoms with van der Waals surface area (Å²) in [4.78, 5) is 29.9. The Morgan fingerprint density at radius 2 is 1.67 bits per heavy atom. The van der Waals surface area contributed by atoms with E-state index in [1.54, 1.807) is 29.2 Å². The first-order valence-electron chi connectivity index (χ1n) is 10.4. The predicted molar refractivity (Wildman–Crippen MR) is 116 cm³/mol. The van der Waals surface area contributed by atoms with Crippen molar-refractivity contribution in [3.63, 3.8) is 0 Å². The van der Waals surface area contributed by atoms with Gasteiger partial charge in [-0.25, -0.2) is 0 Å². The zero-order valence-electron chi connectivity index (χ0n) is 17.2. The molecule has 2 N–H and O–H groups in total. The molecule has 6 nitrogen and oxygen atoms in total. The van der Waals surface area contributed by atoms with E-state index in [2.05, 4.69) is 10.2 Å². The fraction of sp³-hybridized carbons (Fsp3) is 0.333. The molecule has 4 rings (SSSR count). The van der Waals surface area contributed by atoms with Crippen molar-refractivity contribution >= 4 is 17.4 Å². The van der Waals surface area contributed by atoms with Gasteiger partial charge in [-0.3, -0.25) is 14.5 Å². The maximum Gasteiger partial charge on any atom is 0.295 e. The molecule has 2 fully saturated rings. The summed E-state index contributed by atoms with van der Waals surface area (Å²) in [5.41, 5.74) is 2.63. The topological polar surface area (TPSA) is 72.9 Å². The van der Waals surface area contributed by atoms with Gasteiger partial charge in [0.15, 0.2) is 0 Å². The molecule has 2 saturated heterocycles. The van der Waals surface area contributed by atoms with Crippen LogP contribution in [0.5, 0.6) is 0 Å². The largest absolute Gasteiger partial charge is 0.507 e. The number of nitrogens with zero attached hydrogens (tertiary/aromatic N) is 2. The molecular formula is C24H27N3O3. The Morgan fingerprint density at radius 3 is 2.33 bits per heavy atom. The Morgan fingerprint density at radius 1 is 1.00 bits per heavy atom. The molecule has 1 unspecified atom stereocenters. The average Bonchev–Trinajstić information content (AvgIpc) is 3.04. The van der Waals surface area contributed by atoms with Gasteiger partial charge in [-0.05, 0) is 12.5 Å². The number of amides is 1. The van der Waals surface area contributed by atoms with Gasteiger partial charge in [-0.2, -0.15) is 0 Å². The van der Waals surface area contributed by atoms with Crippen LogP contribution in [-0.2, 0) is 9.59 Å². The van der Waals surface area contributed by atoms with Crippen molar-refractivity contribution in [2.24, 2.45) is 0 Å². The van der Waals surface area contributed by atoms with Crippen molar-refractivity contribution < 1.29 is 14.7 Å². The third kappa shape index (κ3) is 4.01. The Hall–Kier alpha value is -2.96. The molecule has 30 heavy (non-hydrogen) atoms. The number of likely N-dealkylation sites (tertiary alicyclic amines) is 1. The number of carbonyl (C=O) groups is 2. The number of aryl methyl sites for hydroxylation is 1. The predicted octanol–water partition coefficient (Wildman–Crippen LogP) is 2.32. The molecule has 156 valence electrons. The number of nitrogens with one attached hydrogen (secondary N) is 1. The molecular weight excluding hydrogens is 378 g/mol. The van der Waals surface area contributed by atoms with Crippen LogP contribution in [0.15, 0.2) is 60.2 Å². The molecule has 0 radical (unpaired) electrons. The highest BCUT2D eigenvalue weighted by molar-refractivity contribution is 6.46. The number of carbonyl (C=O) groups excluding carboxylic acids is 2. The first-order chi connectivity index (χ1) is 14.6. The number of hydrogen-bond donors (Lipinski definition) is 2. The fourth-order valence-corrected chi connectivity index (χ4v) is 4.14. The summed E-state index contributed by atoms with van der Waals surface area (Å²) < 4.78 is 0. The first-order valence-corrected chi connectivity index (χ1v) is 10.4. The van der Waals surface area contributed by atoms with Crippen LogP contribution < -0.4 is 5.32 Å². The lowest BCUT2D eigenvalue weighted by molar-refractivity contribution is -0.140. The van der Waals surface area contributed by atoms with Crippen LogP contribution in [0.3, 0.4) is 0 Å². The molecule has 0 aromatic heterocycles. The standard InChI is InChI=1S/C24H27N3O3/c1-17-7-9-18(10-8-17)21-20(22(28)19-5-3-2-4-6-19)23(29)24(30)27(21)16-15-26-13-11-25-12-14-26/h2-10,21,25,28H,11-16H2,1H3. The maximum absolute atomic E-state index is 13.0. The Labute approximate surface area is 176 Å². The quantitative estimate of drug-likeness (QED) is 0.454. The Kier molecular flexibility index (Phi) is 5.97. The summed E-state index contributed by atoms with van der Waals surface area (Å²) in [7, 11) is 0. The van der Waals surface area contributed by atoms with Crippen molar-refractivity contribution in [3.05, 3.63) is 76.9 Å². The van der Waals surface area contributed by atoms with Crippen LogP contribution in [-0.4, -0.2) is 65.9 Å². The molecule has 2 aliphatic heterocycles. The molecule has 6 heteroatoms. The van der Waals surface area contributed by atoms with Crippen molar-refractivity contribution in [2.75, 3.05) is 39.3 Å². The number of benzene rings is 2. The molecule has 0 saturated carbocycles. The van der Waals surface area contributed by atoms with Crippen LogP contribution in [0, 0.1) is 6.92 Å². The number of ketones is 1. The van der Waals surface area contributed by atoms with E-state index in [9.17, 15) is 14.7 Å². The Balaban J connectivity index is 1.72. The second-order valence-corrected chi connectivity index (χ2v) is 7.86. The maximum atomic E-state index is 13.0. The van der Waals surface area contributed by atoms with Crippen molar-refractivity contribution in [1.29, 1.82) is 0 Å². The van der Waals surface area contributed by atoms with Crippen LogP contribution >= 0.6 is 0 Å². The summed E-state index contributed by atoms with van der Waals surface area (Å²) in [5, 5.41) is 14.3. The van der Waals surface area contributed by atoms with Gasteiger partial charge >= 0.3 is 0 Å². The number of hydrogen-bond acceptors (Lipinski definition) is 5. The second-order valence-electron chi connectivity index (χ2n) is 7.86. The van der Waals surface area contributed by atoms with E-state index in [4.69, 9.17) is 0 Å². The van der Waals surface area contributed by atoms with Gasteiger partial charge in [0.2, 0.25) is 0 Å². The van der Waals surface area contributed by atoms with Crippen molar-refractivity contribution in [2.45, 2.75) is 13.0 Å². The van der Waals surface area contributed by atoms with E-state index in [0.717, 1.165) is 37.3 Å². The molecule has 2 aromatic rings. The van der Waals surface area contributed by atoms with Gasteiger partial charge in [0, 0.05) is 44.8 Å². The zero-order chi connectivity index (χ0) is 21.1. The minimum Gasteiger partial charge on any atom is -0.507 e. The number of piperazine rings is 1. The van der Waals surface area contributed by atoms with E-state index < -0.39 is 17.7 Å². The van der Waals surface area contributed by atoms with Crippen LogP contribution in [0.25, 0.3) is 5.76 Å². The first kappa shape index (κ1) is 20.3. The number of rotatable bonds is 5. The summed E-state index contributed by atoms with van der Waals surface area (Å²) in [6.07, 6.45) is 0. The van der Waals surface area contributed by atoms with Gasteiger partial charge in [0.1, 0.15) is 5.76 Å². The monoisotopic (exact) mass is 405 g/mol. The molecule has 1 atom stereocenters. The van der Waals surface area contributed by atoms with Crippen LogP contribution in [0.4, 0.5) is 0 Å². The lowest BCUT2D eigenvalue weighted by Crippen LogP contribution is -2.46. The number of aliphatic hydroxyl groups excluding tert-OH is 1. The van der Waals surface area contributed by atoms with E-state index >= 15 is 0 Å². The lowest BCUT2D eigenvalue weighted by atomic mass is 9.95. The van der Waals surface area contributed by atoms with Gasteiger partial charge in [0.25, 0.3) is 11.7 Å². The average molecular weight is 405 g/mol. The van der Waals surface area contributed by atoms with Crippen LogP contribution in [0.1, 0.15) is 22.7 Å². The zero-order valence-corrected chi connectivity index (χ0v) is 17.2. The fourth-order valence-electron chi connectivity index (χ4n) is 4.14. The minimum absolute atomic E-state index is 0.121. The van der Waals surface area contributed by atoms with Crippen LogP contribution in [0.2, 0.25) is 0 Å². The minimum atomic E-state index is -0.623. The smallest absolute Gasteiger partial charge is 0.295 e. The molecule has 2 heterocycles. The highest BCUT2D eigenvalue weighted by Crippen LogP contribution is 2.39. The van der Waals surface area contributed by atoms with Gasteiger partial charge in [0.05, 0.1) is 11.6 Å². The van der Waals surface area contributed by atoms with E-state index in [0.29, 0.717) is 18.7 Å². The van der Waals surface area contributed by atoms with Gasteiger partial charge < -0.3 is 15.3 Å². The third-order valence-electron chi connectivity index (χ3n) is 5.85. The SMILES string of the molecule is Cc1ccc(C2C(=C(O)c3ccccc3)C(=O)C(=O)N2CCN2CCNCC2)cc1. The van der Waals surface area contributed by atoms with Gasteiger partial charge in [-0.1, -0.05) is 60.2 Å². The van der Waals surface area contributed by atoms with E-state index in [1.807, 2.05) is 37.3 Å². The van der Waals surface area contributed by atoms with E-state index in [-0.39, 0.29) is 11.3 Å². The number of Topliss-reactive ketones (excluding diaryl/α,β-unsaturated/α-hetero) is 1. The summed E-state index contributed by atoms with van der Waals surface area (Å²) in [6, 6.07) is 16.2. The molecule has 2 aromatic carbocycles. The molecule has 1 amide bonds. The van der Waals surface area contributed by atoms with E-state index in [1.165, 1.54) is 0 Å². The van der Waals surface area contributed by atoms with Crippen molar-refractivity contribution in [3.8, 4) is 0 Å². The summed E-state index contributed by atoms with van der Waals surface area (Å²) in [6.45, 7) is 6.82. The third-order valence-corrected chi connectivity index (χ3v) is 5.85. The van der Waals surface area contributed by atoms with Crippen molar-refractivity contribution in [1.82, 2.24) is 15.1 Å². The summed E-state index contributed by atoms with van der Waals surface area (Å²) in [5.74, 6) is -1.29. The molecule has 0 aliphatic carbocycles. The molecule has 0 spiro atoms. The highest BCUT2D eigenvalue weighted by atomic mass is 16.3. The second kappa shape index (κ2) is 8.81. The van der Waals surface area contributed by atoms with Gasteiger partial charge in [-0.15, -0.1) is 0 Å². The molecule has 0 bridgehead atoms. The Bertz CT molecular complexity index is 947. The number of aliphatic hydroxyl groups is 1. The lowest BCUT2D eigenvalue weighted by Gasteiger charge is -2.31. The highest BCUT2D eigenvalue weighted by Gasteiger charge is 2.45. The molecule has 2 aliphatic rings. The summed E-state index contributed by atoms with van der Waals surface area (Å²) >= 11 is 0. The normalized spacial score (nSPS) is 21.9.